The Hall–Kier alpha value is -1.73. The van der Waals surface area contributed by atoms with E-state index in [-0.39, 0.29) is 11.8 Å². The van der Waals surface area contributed by atoms with Crippen LogP contribution < -0.4 is 10.2 Å². The molecule has 154 valence electrons. The van der Waals surface area contributed by atoms with Crippen LogP contribution in [0.15, 0.2) is 12.4 Å². The minimum Gasteiger partial charge on any atom is -0.382 e. The smallest absolute Gasteiger partial charge is 0.147 e. The predicted octanol–water partition coefficient (Wildman–Crippen LogP) is 3.02. The summed E-state index contributed by atoms with van der Waals surface area (Å²) >= 11 is 0. The number of carbonyl (C=O) groups is 1. The summed E-state index contributed by atoms with van der Waals surface area (Å²) < 4.78 is 10.3. The lowest BCUT2D eigenvalue weighted by Gasteiger charge is -2.32. The molecule has 2 rings (SSSR count). The van der Waals surface area contributed by atoms with Gasteiger partial charge in [0, 0.05) is 38.6 Å². The number of anilines is 2. The van der Waals surface area contributed by atoms with Crippen LogP contribution in [0.1, 0.15) is 40.5 Å². The van der Waals surface area contributed by atoms with Crippen LogP contribution in [0.3, 0.4) is 0 Å². The molecular formula is C20H36N4O3. The second-order valence-corrected chi connectivity index (χ2v) is 6.61. The third kappa shape index (κ3) is 8.22. The maximum absolute atomic E-state index is 12.1. The van der Waals surface area contributed by atoms with Crippen molar-refractivity contribution < 1.29 is 14.3 Å². The Morgan fingerprint density at radius 3 is 2.44 bits per heavy atom. The van der Waals surface area contributed by atoms with Gasteiger partial charge in [-0.1, -0.05) is 27.7 Å². The first-order valence-electron chi connectivity index (χ1n) is 10.0. The molecule has 0 radical (unpaired) electrons. The highest BCUT2D eigenvalue weighted by atomic mass is 16.5. The van der Waals surface area contributed by atoms with Crippen LogP contribution in [0.4, 0.5) is 11.6 Å². The van der Waals surface area contributed by atoms with Crippen LogP contribution in [0.2, 0.25) is 0 Å². The zero-order valence-corrected chi connectivity index (χ0v) is 17.5. The van der Waals surface area contributed by atoms with Crippen LogP contribution in [0.5, 0.6) is 0 Å². The molecule has 0 bridgehead atoms. The first-order chi connectivity index (χ1) is 13.1. The van der Waals surface area contributed by atoms with Crippen molar-refractivity contribution in [1.29, 1.82) is 0 Å². The first kappa shape index (κ1) is 23.3. The standard InChI is InChI=1S/C18H30N4O3.C2H6/c1-14(2)18(23)15-4-7-22(8-5-15)17-13-20-16(12-21-17)19-6-9-25-11-10-24-3;1-2/h12-15H,4-11H2,1-3H3,(H,19,20);1-2H3. The third-order valence-electron chi connectivity index (χ3n) is 4.41. The SMILES string of the molecule is CC.COCCOCCNc1cnc(N2CCC(C(=O)C(C)C)CC2)cn1. The molecule has 0 aliphatic carbocycles. The van der Waals surface area contributed by atoms with Gasteiger partial charge in [0.25, 0.3) is 0 Å². The van der Waals surface area contributed by atoms with Crippen molar-refractivity contribution in [3.05, 3.63) is 12.4 Å². The van der Waals surface area contributed by atoms with Gasteiger partial charge in [0.15, 0.2) is 0 Å². The fraction of sp³-hybridized carbons (Fsp3) is 0.750. The van der Waals surface area contributed by atoms with E-state index in [1.165, 1.54) is 0 Å². The summed E-state index contributed by atoms with van der Waals surface area (Å²) in [6, 6.07) is 0. The Bertz CT molecular complexity index is 514. The molecule has 0 saturated carbocycles. The number of nitrogens with zero attached hydrogens (tertiary/aromatic N) is 3. The largest absolute Gasteiger partial charge is 0.382 e. The summed E-state index contributed by atoms with van der Waals surface area (Å²) in [5.41, 5.74) is 0. The van der Waals surface area contributed by atoms with E-state index in [9.17, 15) is 4.79 Å². The molecule has 0 aromatic carbocycles. The minimum absolute atomic E-state index is 0.125. The van der Waals surface area contributed by atoms with Crippen molar-refractivity contribution in [2.24, 2.45) is 11.8 Å². The number of carbonyl (C=O) groups excluding carboxylic acids is 1. The number of methoxy groups -OCH3 is 1. The molecule has 7 heteroatoms. The predicted molar refractivity (Wildman–Crippen MR) is 109 cm³/mol. The molecule has 27 heavy (non-hydrogen) atoms. The Kier molecular flexibility index (Phi) is 11.6. The van der Waals surface area contributed by atoms with Gasteiger partial charge in [0.2, 0.25) is 0 Å². The highest BCUT2D eigenvalue weighted by Gasteiger charge is 2.26. The number of Topliss-reactive ketones (excluding diaryl/α,β-unsaturated/α-hetero) is 1. The van der Waals surface area contributed by atoms with E-state index in [4.69, 9.17) is 9.47 Å². The van der Waals surface area contributed by atoms with Crippen LogP contribution in [-0.2, 0) is 14.3 Å². The lowest BCUT2D eigenvalue weighted by atomic mass is 9.87. The second-order valence-electron chi connectivity index (χ2n) is 6.61. The van der Waals surface area contributed by atoms with Gasteiger partial charge in [-0.3, -0.25) is 4.79 Å². The highest BCUT2D eigenvalue weighted by Crippen LogP contribution is 2.24. The number of aromatic nitrogens is 2. The van der Waals surface area contributed by atoms with E-state index in [1.54, 1.807) is 19.5 Å². The topological polar surface area (TPSA) is 76.6 Å². The monoisotopic (exact) mass is 380 g/mol. The zero-order valence-electron chi connectivity index (χ0n) is 17.5. The molecule has 1 aliphatic heterocycles. The van der Waals surface area contributed by atoms with Gasteiger partial charge >= 0.3 is 0 Å². The summed E-state index contributed by atoms with van der Waals surface area (Å²) in [6.07, 6.45) is 5.34. The van der Waals surface area contributed by atoms with Gasteiger partial charge in [-0.05, 0) is 12.8 Å². The molecule has 1 fully saturated rings. The Morgan fingerprint density at radius 2 is 1.89 bits per heavy atom. The van der Waals surface area contributed by atoms with Crippen LogP contribution >= 0.6 is 0 Å². The number of ether oxygens (including phenoxy) is 2. The Balaban J connectivity index is 0.00000176. The van der Waals surface area contributed by atoms with Crippen molar-refractivity contribution >= 4 is 17.4 Å². The fourth-order valence-corrected chi connectivity index (χ4v) is 2.94. The molecule has 7 nitrogen and oxygen atoms in total. The van der Waals surface area contributed by atoms with Gasteiger partial charge in [-0.25, -0.2) is 9.97 Å². The molecule has 0 spiro atoms. The molecule has 0 atom stereocenters. The van der Waals surface area contributed by atoms with E-state index in [0.717, 1.165) is 37.6 Å². The summed E-state index contributed by atoms with van der Waals surface area (Å²) in [7, 11) is 1.66. The second kappa shape index (κ2) is 13.4. The summed E-state index contributed by atoms with van der Waals surface area (Å²) in [6.45, 7) is 12.2. The average Bonchev–Trinajstić information content (AvgIpc) is 2.72. The van der Waals surface area contributed by atoms with Crippen LogP contribution in [0, 0.1) is 11.8 Å². The molecule has 1 aromatic rings. The van der Waals surface area contributed by atoms with Gasteiger partial charge in [-0.2, -0.15) is 0 Å². The highest BCUT2D eigenvalue weighted by molar-refractivity contribution is 5.83. The number of hydrogen-bond acceptors (Lipinski definition) is 7. The molecule has 1 aromatic heterocycles. The van der Waals surface area contributed by atoms with Crippen molar-refractivity contribution in [1.82, 2.24) is 9.97 Å². The lowest BCUT2D eigenvalue weighted by Crippen LogP contribution is -2.37. The van der Waals surface area contributed by atoms with Crippen molar-refractivity contribution in [3.8, 4) is 0 Å². The van der Waals surface area contributed by atoms with E-state index >= 15 is 0 Å². The van der Waals surface area contributed by atoms with E-state index < -0.39 is 0 Å². The van der Waals surface area contributed by atoms with Crippen LogP contribution in [-0.4, -0.2) is 62.3 Å². The number of rotatable bonds is 10. The average molecular weight is 381 g/mol. The minimum atomic E-state index is 0.125. The maximum atomic E-state index is 12.1. The number of nitrogens with one attached hydrogen (secondary N) is 1. The number of hydrogen-bond donors (Lipinski definition) is 1. The van der Waals surface area contributed by atoms with E-state index in [0.29, 0.717) is 32.1 Å². The number of ketones is 1. The summed E-state index contributed by atoms with van der Waals surface area (Å²) in [5.74, 6) is 2.32. The van der Waals surface area contributed by atoms with E-state index in [2.05, 4.69) is 20.2 Å². The molecule has 0 amide bonds. The third-order valence-corrected chi connectivity index (χ3v) is 4.41. The molecule has 0 unspecified atom stereocenters. The number of piperidine rings is 1. The maximum Gasteiger partial charge on any atom is 0.147 e. The van der Waals surface area contributed by atoms with Crippen LogP contribution in [0.25, 0.3) is 0 Å². The van der Waals surface area contributed by atoms with Gasteiger partial charge in [0.05, 0.1) is 32.2 Å². The summed E-state index contributed by atoms with van der Waals surface area (Å²) in [5, 5.41) is 3.18. The van der Waals surface area contributed by atoms with Gasteiger partial charge in [-0.15, -0.1) is 0 Å². The van der Waals surface area contributed by atoms with E-state index in [1.807, 2.05) is 27.7 Å². The Labute approximate surface area is 163 Å². The first-order valence-corrected chi connectivity index (χ1v) is 10.0. The van der Waals surface area contributed by atoms with Crippen molar-refractivity contribution in [3.63, 3.8) is 0 Å². The lowest BCUT2D eigenvalue weighted by molar-refractivity contribution is -0.126. The molecule has 1 saturated heterocycles. The molecule has 2 heterocycles. The normalized spacial score (nSPS) is 14.7. The van der Waals surface area contributed by atoms with Crippen molar-refractivity contribution in [2.45, 2.75) is 40.5 Å². The molecule has 1 N–H and O–H groups in total. The van der Waals surface area contributed by atoms with Crippen molar-refractivity contribution in [2.75, 3.05) is 56.8 Å². The van der Waals surface area contributed by atoms with Gasteiger partial charge < -0.3 is 19.7 Å². The summed E-state index contributed by atoms with van der Waals surface area (Å²) in [4.78, 5) is 23.2. The quantitative estimate of drug-likeness (QED) is 0.625. The Morgan fingerprint density at radius 1 is 1.19 bits per heavy atom. The fourth-order valence-electron chi connectivity index (χ4n) is 2.94. The van der Waals surface area contributed by atoms with Gasteiger partial charge in [0.1, 0.15) is 17.4 Å². The molecular weight excluding hydrogens is 344 g/mol. The zero-order chi connectivity index (χ0) is 20.1. The molecule has 1 aliphatic rings.